The molecule has 0 saturated heterocycles. The average molecular weight is 582 g/mol. The average Bonchev–Trinajstić information content (AvgIpc) is 3.05. The Morgan fingerprint density at radius 1 is 1.29 bits per heavy atom. The summed E-state index contributed by atoms with van der Waals surface area (Å²) in [6.45, 7) is 11.7. The molecule has 0 radical (unpaired) electrons. The van der Waals surface area contributed by atoms with Crippen molar-refractivity contribution in [2.75, 3.05) is 6.54 Å². The molecule has 188 valence electrons. The van der Waals surface area contributed by atoms with Gasteiger partial charge in [-0.1, -0.05) is 52.8 Å². The van der Waals surface area contributed by atoms with Crippen LogP contribution in [0.15, 0.2) is 29.4 Å². The minimum absolute atomic E-state index is 0.0411. The van der Waals surface area contributed by atoms with Crippen LogP contribution in [0.5, 0.6) is 11.5 Å². The van der Waals surface area contributed by atoms with E-state index in [1.54, 1.807) is 6.07 Å². The van der Waals surface area contributed by atoms with Crippen LogP contribution in [0.25, 0.3) is 0 Å². The van der Waals surface area contributed by atoms with E-state index >= 15 is 0 Å². The van der Waals surface area contributed by atoms with Crippen molar-refractivity contribution in [1.29, 1.82) is 0 Å². The molecular formula is C28H40INO4. The minimum Gasteiger partial charge on any atom is -0.508 e. The van der Waals surface area contributed by atoms with Gasteiger partial charge in [-0.2, -0.15) is 0 Å². The normalized spacial score (nSPS) is 22.8. The van der Waals surface area contributed by atoms with Gasteiger partial charge in [-0.15, -0.1) is 0 Å². The second-order valence-corrected chi connectivity index (χ2v) is 12.5. The highest BCUT2D eigenvalue weighted by atomic mass is 127. The molecule has 6 heteroatoms. The number of aliphatic hydroxyl groups excluding tert-OH is 1. The lowest BCUT2D eigenvalue weighted by Crippen LogP contribution is -2.49. The van der Waals surface area contributed by atoms with Gasteiger partial charge in [0.25, 0.3) is 5.91 Å². The van der Waals surface area contributed by atoms with Crippen molar-refractivity contribution in [3.63, 3.8) is 0 Å². The van der Waals surface area contributed by atoms with Crippen molar-refractivity contribution < 1.29 is 19.7 Å². The molecule has 0 aliphatic carbocycles. The summed E-state index contributed by atoms with van der Waals surface area (Å²) in [5.74, 6) is 0.603. The predicted molar refractivity (Wildman–Crippen MR) is 146 cm³/mol. The summed E-state index contributed by atoms with van der Waals surface area (Å²) in [6, 6.07) is 1.56. The number of halogens is 1. The largest absolute Gasteiger partial charge is 0.508 e. The summed E-state index contributed by atoms with van der Waals surface area (Å²) in [5.41, 5.74) is 3.92. The van der Waals surface area contributed by atoms with Crippen molar-refractivity contribution in [3.05, 3.63) is 46.1 Å². The van der Waals surface area contributed by atoms with Crippen molar-refractivity contribution >= 4 is 28.5 Å². The standard InChI is InChI=1S/C28H40INO4/c1-18(2)9-6-10-19(3)11-7-13-28(5)25(32)16-22-24(31)15-21-23(26(22)34-28)17-30(27(21)33)14-8-12-20(4)29/h9,11,15,20,25,31-32H,6-8,10,12-14,16-17H2,1-5H3/b19-11+/t20-,25?,28?/m1/s1. The van der Waals surface area contributed by atoms with E-state index in [1.807, 2.05) is 11.8 Å². The highest BCUT2D eigenvalue weighted by molar-refractivity contribution is 14.1. The fraction of sp³-hybridized carbons (Fsp3) is 0.607. The maximum absolute atomic E-state index is 13.0. The molecule has 1 aromatic rings. The number of carbonyl (C=O) groups excluding carboxylic acids is 1. The number of phenols is 1. The Morgan fingerprint density at radius 2 is 2.03 bits per heavy atom. The third-order valence-electron chi connectivity index (χ3n) is 7.02. The zero-order valence-electron chi connectivity index (χ0n) is 21.3. The first-order chi connectivity index (χ1) is 16.0. The van der Waals surface area contributed by atoms with E-state index in [2.05, 4.69) is 62.4 Å². The summed E-state index contributed by atoms with van der Waals surface area (Å²) >= 11 is 2.41. The summed E-state index contributed by atoms with van der Waals surface area (Å²) in [6.07, 6.45) is 9.67. The van der Waals surface area contributed by atoms with Crippen LogP contribution in [0.4, 0.5) is 0 Å². The molecule has 2 heterocycles. The van der Waals surface area contributed by atoms with Crippen LogP contribution >= 0.6 is 22.6 Å². The van der Waals surface area contributed by atoms with Crippen LogP contribution in [0.3, 0.4) is 0 Å². The lowest BCUT2D eigenvalue weighted by molar-refractivity contribution is -0.0599. The summed E-state index contributed by atoms with van der Waals surface area (Å²) in [5, 5.41) is 21.6. The van der Waals surface area contributed by atoms with E-state index in [0.717, 1.165) is 37.7 Å². The van der Waals surface area contributed by atoms with Gasteiger partial charge in [-0.05, 0) is 72.3 Å². The van der Waals surface area contributed by atoms with Gasteiger partial charge in [-0.3, -0.25) is 4.79 Å². The first kappa shape index (κ1) is 27.1. The molecule has 1 aromatic carbocycles. The summed E-state index contributed by atoms with van der Waals surface area (Å²) in [7, 11) is 0. The number of rotatable bonds is 10. The number of hydrogen-bond donors (Lipinski definition) is 2. The van der Waals surface area contributed by atoms with Gasteiger partial charge in [0.2, 0.25) is 0 Å². The van der Waals surface area contributed by atoms with Gasteiger partial charge in [0, 0.05) is 28.0 Å². The molecule has 3 atom stereocenters. The Hall–Kier alpha value is -1.54. The molecule has 5 nitrogen and oxygen atoms in total. The molecule has 1 amide bonds. The van der Waals surface area contributed by atoms with Crippen LogP contribution in [-0.2, 0) is 13.0 Å². The summed E-state index contributed by atoms with van der Waals surface area (Å²) in [4.78, 5) is 14.9. The van der Waals surface area contributed by atoms with Crippen LogP contribution < -0.4 is 4.74 Å². The maximum Gasteiger partial charge on any atom is 0.254 e. The number of allylic oxidation sites excluding steroid dienone is 4. The van der Waals surface area contributed by atoms with E-state index < -0.39 is 11.7 Å². The van der Waals surface area contributed by atoms with E-state index in [9.17, 15) is 15.0 Å². The Morgan fingerprint density at radius 3 is 2.71 bits per heavy atom. The highest BCUT2D eigenvalue weighted by Crippen LogP contribution is 2.46. The number of carbonyl (C=O) groups is 1. The van der Waals surface area contributed by atoms with E-state index in [4.69, 9.17) is 4.74 Å². The Labute approximate surface area is 218 Å². The molecule has 34 heavy (non-hydrogen) atoms. The van der Waals surface area contributed by atoms with Crippen molar-refractivity contribution in [1.82, 2.24) is 4.90 Å². The fourth-order valence-corrected chi connectivity index (χ4v) is 5.24. The van der Waals surface area contributed by atoms with Crippen LogP contribution in [-0.4, -0.2) is 43.2 Å². The number of amides is 1. The number of phenolic OH excluding ortho intramolecular Hbond substituents is 1. The number of aromatic hydroxyl groups is 1. The number of benzene rings is 1. The molecule has 0 fully saturated rings. The van der Waals surface area contributed by atoms with Crippen molar-refractivity contribution in [2.24, 2.45) is 0 Å². The molecule has 3 rings (SSSR count). The minimum atomic E-state index is -0.766. The molecule has 0 spiro atoms. The Balaban J connectivity index is 1.74. The molecule has 0 aromatic heterocycles. The third kappa shape index (κ3) is 6.36. The number of ether oxygens (including phenoxy) is 1. The molecule has 2 unspecified atom stereocenters. The van der Waals surface area contributed by atoms with Gasteiger partial charge in [0.15, 0.2) is 0 Å². The molecule has 0 saturated carbocycles. The topological polar surface area (TPSA) is 70.0 Å². The number of alkyl halides is 1. The number of nitrogens with zero attached hydrogens (tertiary/aromatic N) is 1. The van der Waals surface area contributed by atoms with E-state index in [0.29, 0.717) is 46.7 Å². The zero-order chi connectivity index (χ0) is 25.0. The van der Waals surface area contributed by atoms with E-state index in [-0.39, 0.29) is 11.7 Å². The second kappa shape index (κ2) is 11.5. The predicted octanol–water partition coefficient (Wildman–Crippen LogP) is 6.48. The van der Waals surface area contributed by atoms with Crippen molar-refractivity contribution in [3.8, 4) is 11.5 Å². The molecule has 2 N–H and O–H groups in total. The lowest BCUT2D eigenvalue weighted by Gasteiger charge is -2.40. The van der Waals surface area contributed by atoms with E-state index in [1.165, 1.54) is 11.1 Å². The number of fused-ring (bicyclic) bond motifs is 3. The Kier molecular flexibility index (Phi) is 9.12. The maximum atomic E-state index is 13.0. The monoisotopic (exact) mass is 581 g/mol. The highest BCUT2D eigenvalue weighted by Gasteiger charge is 2.44. The molecule has 2 aliphatic heterocycles. The van der Waals surface area contributed by atoms with Crippen LogP contribution in [0.1, 0.15) is 94.6 Å². The number of aliphatic hydroxyl groups is 1. The van der Waals surface area contributed by atoms with Gasteiger partial charge >= 0.3 is 0 Å². The zero-order valence-corrected chi connectivity index (χ0v) is 23.4. The quantitative estimate of drug-likeness (QED) is 0.189. The SMILES string of the molecule is CC(C)=CCC/C(C)=C/CCC1(C)Oc2c(c(O)cc3c2CN(CCC[C@@H](C)I)C3=O)CC1O. The van der Waals surface area contributed by atoms with Crippen LogP contribution in [0.2, 0.25) is 0 Å². The van der Waals surface area contributed by atoms with Gasteiger partial charge in [0.05, 0.1) is 18.2 Å². The van der Waals surface area contributed by atoms with Crippen molar-refractivity contribution in [2.45, 2.75) is 102 Å². The van der Waals surface area contributed by atoms with Gasteiger partial charge in [-0.25, -0.2) is 0 Å². The third-order valence-corrected chi connectivity index (χ3v) is 7.65. The van der Waals surface area contributed by atoms with Gasteiger partial charge in [0.1, 0.15) is 17.1 Å². The molecule has 0 bridgehead atoms. The fourth-order valence-electron chi connectivity index (χ4n) is 4.80. The van der Waals surface area contributed by atoms with Crippen LogP contribution in [0, 0.1) is 0 Å². The first-order valence-electron chi connectivity index (χ1n) is 12.5. The first-order valence-corrected chi connectivity index (χ1v) is 13.7. The lowest BCUT2D eigenvalue weighted by atomic mass is 9.84. The molecule has 2 aliphatic rings. The number of hydrogen-bond acceptors (Lipinski definition) is 4. The Bertz CT molecular complexity index is 964. The smallest absolute Gasteiger partial charge is 0.254 e. The van der Waals surface area contributed by atoms with Gasteiger partial charge < -0.3 is 19.8 Å². The summed E-state index contributed by atoms with van der Waals surface area (Å²) < 4.78 is 7.03. The second-order valence-electron chi connectivity index (χ2n) is 10.4. The molecular weight excluding hydrogens is 541 g/mol.